The molecule has 1 rings (SSSR count). The van der Waals surface area contributed by atoms with Gasteiger partial charge in [0.25, 0.3) is 0 Å². The second kappa shape index (κ2) is 7.06. The van der Waals surface area contributed by atoms with Crippen molar-refractivity contribution < 1.29 is 9.59 Å². The molecule has 0 aliphatic rings. The van der Waals surface area contributed by atoms with Gasteiger partial charge in [0.15, 0.2) is 0 Å². The van der Waals surface area contributed by atoms with Gasteiger partial charge >= 0.3 is 0 Å². The van der Waals surface area contributed by atoms with E-state index in [1.54, 1.807) is 11.8 Å². The quantitative estimate of drug-likeness (QED) is 0.804. The Kier molecular flexibility index (Phi) is 5.71. The fourth-order valence-corrected chi connectivity index (χ4v) is 2.24. The van der Waals surface area contributed by atoms with Crippen LogP contribution in [0.3, 0.4) is 0 Å². The monoisotopic (exact) mass is 266 g/mol. The van der Waals surface area contributed by atoms with Crippen LogP contribution in [0.2, 0.25) is 0 Å². The van der Waals surface area contributed by atoms with Crippen LogP contribution in [0.5, 0.6) is 0 Å². The molecule has 0 fully saturated rings. The average Bonchev–Trinajstić information content (AvgIpc) is 2.28. The van der Waals surface area contributed by atoms with Crippen LogP contribution in [-0.4, -0.2) is 23.6 Å². The van der Waals surface area contributed by atoms with Crippen molar-refractivity contribution in [2.75, 3.05) is 11.9 Å². The van der Waals surface area contributed by atoms with Crippen LogP contribution in [-0.2, 0) is 9.59 Å². The molecule has 0 heterocycles. The first kappa shape index (κ1) is 14.6. The van der Waals surface area contributed by atoms with Crippen molar-refractivity contribution in [1.82, 2.24) is 5.32 Å². The van der Waals surface area contributed by atoms with E-state index in [1.807, 2.05) is 24.3 Å². The zero-order valence-corrected chi connectivity index (χ0v) is 11.6. The summed E-state index contributed by atoms with van der Waals surface area (Å²) in [7, 11) is 0. The summed E-state index contributed by atoms with van der Waals surface area (Å²) in [5.74, 6) is -0.433. The molecule has 4 nitrogen and oxygen atoms in total. The molecule has 0 atom stereocenters. The Hall–Kier alpha value is -1.49. The number of benzene rings is 1. The van der Waals surface area contributed by atoms with Crippen molar-refractivity contribution in [2.45, 2.75) is 30.9 Å². The summed E-state index contributed by atoms with van der Waals surface area (Å²) in [6.07, 6.45) is 0. The first-order chi connectivity index (χ1) is 8.49. The van der Waals surface area contributed by atoms with Gasteiger partial charge in [-0.15, -0.1) is 11.8 Å². The van der Waals surface area contributed by atoms with Crippen molar-refractivity contribution in [1.29, 1.82) is 0 Å². The van der Waals surface area contributed by atoms with E-state index in [4.69, 9.17) is 0 Å². The maximum absolute atomic E-state index is 11.6. The van der Waals surface area contributed by atoms with E-state index in [0.29, 0.717) is 5.25 Å². The predicted octanol–water partition coefficient (Wildman–Crippen LogP) is 2.26. The third kappa shape index (κ3) is 5.23. The van der Waals surface area contributed by atoms with E-state index in [-0.39, 0.29) is 18.4 Å². The Labute approximate surface area is 112 Å². The molecule has 5 heteroatoms. The molecule has 0 aliphatic carbocycles. The van der Waals surface area contributed by atoms with E-state index in [2.05, 4.69) is 24.5 Å². The molecule has 2 amide bonds. The lowest BCUT2D eigenvalue weighted by molar-refractivity contribution is -0.122. The van der Waals surface area contributed by atoms with Crippen molar-refractivity contribution in [3.8, 4) is 0 Å². The number of hydrogen-bond acceptors (Lipinski definition) is 3. The normalized spacial score (nSPS) is 10.2. The SMILES string of the molecule is CC(=O)NCC(=O)Nc1ccccc1SC(C)C. The first-order valence-corrected chi connectivity index (χ1v) is 6.67. The highest BCUT2D eigenvalue weighted by Crippen LogP contribution is 2.29. The maximum Gasteiger partial charge on any atom is 0.243 e. The van der Waals surface area contributed by atoms with Gasteiger partial charge in [0.1, 0.15) is 0 Å². The number of hydrogen-bond donors (Lipinski definition) is 2. The van der Waals surface area contributed by atoms with Crippen LogP contribution in [0.25, 0.3) is 0 Å². The first-order valence-electron chi connectivity index (χ1n) is 5.79. The molecule has 1 aromatic carbocycles. The molecule has 0 radical (unpaired) electrons. The van der Waals surface area contributed by atoms with Gasteiger partial charge in [-0.2, -0.15) is 0 Å². The smallest absolute Gasteiger partial charge is 0.243 e. The molecule has 18 heavy (non-hydrogen) atoms. The van der Waals surface area contributed by atoms with E-state index >= 15 is 0 Å². The number of amides is 2. The average molecular weight is 266 g/mol. The summed E-state index contributed by atoms with van der Waals surface area (Å²) >= 11 is 1.69. The molecular weight excluding hydrogens is 248 g/mol. The Bertz CT molecular complexity index is 433. The van der Waals surface area contributed by atoms with Crippen LogP contribution in [0, 0.1) is 0 Å². The number of anilines is 1. The highest BCUT2D eigenvalue weighted by Gasteiger charge is 2.08. The molecule has 0 saturated carbocycles. The fourth-order valence-electron chi connectivity index (χ4n) is 1.33. The molecule has 0 aliphatic heterocycles. The topological polar surface area (TPSA) is 58.2 Å². The molecule has 2 N–H and O–H groups in total. The summed E-state index contributed by atoms with van der Waals surface area (Å²) in [6, 6.07) is 7.64. The lowest BCUT2D eigenvalue weighted by atomic mass is 10.3. The third-order valence-electron chi connectivity index (χ3n) is 2.02. The molecule has 1 aromatic rings. The van der Waals surface area contributed by atoms with Crippen LogP contribution in [0.1, 0.15) is 20.8 Å². The van der Waals surface area contributed by atoms with E-state index in [0.717, 1.165) is 10.6 Å². The predicted molar refractivity (Wildman–Crippen MR) is 74.7 cm³/mol. The molecule has 0 unspecified atom stereocenters. The maximum atomic E-state index is 11.6. The Morgan fingerprint density at radius 3 is 2.56 bits per heavy atom. The van der Waals surface area contributed by atoms with Crippen LogP contribution in [0.15, 0.2) is 29.2 Å². The molecule has 0 saturated heterocycles. The second-order valence-electron chi connectivity index (χ2n) is 4.12. The van der Waals surface area contributed by atoms with Gasteiger partial charge in [-0.3, -0.25) is 9.59 Å². The third-order valence-corrected chi connectivity index (χ3v) is 3.10. The highest BCUT2D eigenvalue weighted by molar-refractivity contribution is 8.00. The molecule has 0 bridgehead atoms. The largest absolute Gasteiger partial charge is 0.347 e. The second-order valence-corrected chi connectivity index (χ2v) is 5.74. The Balaban J connectivity index is 2.65. The Morgan fingerprint density at radius 2 is 1.94 bits per heavy atom. The molecule has 98 valence electrons. The van der Waals surface area contributed by atoms with Gasteiger partial charge in [-0.25, -0.2) is 0 Å². The zero-order chi connectivity index (χ0) is 13.5. The summed E-state index contributed by atoms with van der Waals surface area (Å²) in [5, 5.41) is 5.71. The van der Waals surface area contributed by atoms with Crippen LogP contribution < -0.4 is 10.6 Å². The molecule has 0 spiro atoms. The minimum Gasteiger partial charge on any atom is -0.347 e. The standard InChI is InChI=1S/C13H18N2O2S/c1-9(2)18-12-7-5-4-6-11(12)15-13(17)8-14-10(3)16/h4-7,9H,8H2,1-3H3,(H,14,16)(H,15,17). The van der Waals surface area contributed by atoms with Crippen molar-refractivity contribution in [2.24, 2.45) is 0 Å². The lowest BCUT2D eigenvalue weighted by Gasteiger charge is -2.12. The Morgan fingerprint density at radius 1 is 1.28 bits per heavy atom. The van der Waals surface area contributed by atoms with Gasteiger partial charge in [-0.05, 0) is 12.1 Å². The summed E-state index contributed by atoms with van der Waals surface area (Å²) in [6.45, 7) is 5.58. The van der Waals surface area contributed by atoms with Gasteiger partial charge in [0, 0.05) is 17.1 Å². The minimum absolute atomic E-state index is 0.00396. The van der Waals surface area contributed by atoms with Crippen LogP contribution >= 0.6 is 11.8 Å². The van der Waals surface area contributed by atoms with Crippen molar-refractivity contribution in [3.05, 3.63) is 24.3 Å². The van der Waals surface area contributed by atoms with Gasteiger partial charge in [0.2, 0.25) is 11.8 Å². The summed E-state index contributed by atoms with van der Waals surface area (Å²) in [4.78, 5) is 23.4. The number of rotatable bonds is 5. The minimum atomic E-state index is -0.220. The number of nitrogens with one attached hydrogen (secondary N) is 2. The van der Waals surface area contributed by atoms with E-state index in [9.17, 15) is 9.59 Å². The van der Waals surface area contributed by atoms with Gasteiger partial charge < -0.3 is 10.6 Å². The molecular formula is C13H18N2O2S. The lowest BCUT2D eigenvalue weighted by Crippen LogP contribution is -2.31. The van der Waals surface area contributed by atoms with Gasteiger partial charge in [0.05, 0.1) is 12.2 Å². The number of para-hydroxylation sites is 1. The molecule has 0 aromatic heterocycles. The van der Waals surface area contributed by atoms with E-state index < -0.39 is 0 Å². The van der Waals surface area contributed by atoms with Crippen molar-refractivity contribution in [3.63, 3.8) is 0 Å². The number of carbonyl (C=O) groups excluding carboxylic acids is 2. The number of carbonyl (C=O) groups is 2. The fraction of sp³-hybridized carbons (Fsp3) is 0.385. The highest BCUT2D eigenvalue weighted by atomic mass is 32.2. The van der Waals surface area contributed by atoms with Crippen molar-refractivity contribution >= 4 is 29.3 Å². The van der Waals surface area contributed by atoms with E-state index in [1.165, 1.54) is 6.92 Å². The summed E-state index contributed by atoms with van der Waals surface area (Å²) in [5.41, 5.74) is 0.784. The summed E-state index contributed by atoms with van der Waals surface area (Å²) < 4.78 is 0. The number of thioether (sulfide) groups is 1. The van der Waals surface area contributed by atoms with Crippen LogP contribution in [0.4, 0.5) is 5.69 Å². The van der Waals surface area contributed by atoms with Gasteiger partial charge in [-0.1, -0.05) is 26.0 Å². The zero-order valence-electron chi connectivity index (χ0n) is 10.8.